The van der Waals surface area contributed by atoms with Gasteiger partial charge in [-0.2, -0.15) is 8.78 Å². The number of carbonyl (C=O) groups is 1. The van der Waals surface area contributed by atoms with E-state index >= 15 is 0 Å². The van der Waals surface area contributed by atoms with Gasteiger partial charge in [0.05, 0.1) is 0 Å². The number of hydrogen-bond acceptors (Lipinski definition) is 3. The van der Waals surface area contributed by atoms with Gasteiger partial charge in [-0.1, -0.05) is 6.07 Å². The first-order valence-electron chi connectivity index (χ1n) is 5.03. The molecule has 0 amide bonds. The quantitative estimate of drug-likeness (QED) is 0.813. The molecule has 19 heavy (non-hydrogen) atoms. The molecule has 104 valence electrons. The Morgan fingerprint density at radius 2 is 2.00 bits per heavy atom. The predicted octanol–water partition coefficient (Wildman–Crippen LogP) is 2.06. The lowest BCUT2D eigenvalue weighted by molar-refractivity contribution is -0.131. The van der Waals surface area contributed by atoms with Gasteiger partial charge in [-0.3, -0.25) is 4.72 Å². The van der Waals surface area contributed by atoms with Crippen molar-refractivity contribution >= 4 is 27.8 Å². The summed E-state index contributed by atoms with van der Waals surface area (Å²) in [4.78, 5) is 10.4. The number of halogens is 2. The molecule has 1 aromatic carbocycles. The van der Waals surface area contributed by atoms with Crippen LogP contribution in [0.15, 0.2) is 24.3 Å². The van der Waals surface area contributed by atoms with Crippen molar-refractivity contribution < 1.29 is 27.1 Å². The van der Waals surface area contributed by atoms with Crippen LogP contribution in [-0.4, -0.2) is 25.3 Å². The molecule has 0 bridgehead atoms. The maximum atomic E-state index is 12.2. The van der Waals surface area contributed by atoms with Gasteiger partial charge in [-0.15, -0.1) is 0 Å². The molecule has 0 aliphatic heterocycles. The Hall–Kier alpha value is -1.96. The summed E-state index contributed by atoms with van der Waals surface area (Å²) >= 11 is 0. The zero-order chi connectivity index (χ0) is 14.6. The van der Waals surface area contributed by atoms with E-state index in [1.807, 2.05) is 0 Å². The van der Waals surface area contributed by atoms with E-state index in [2.05, 4.69) is 0 Å². The maximum Gasteiger partial charge on any atom is 0.355 e. The van der Waals surface area contributed by atoms with Crippen LogP contribution in [0.3, 0.4) is 0 Å². The fourth-order valence-electron chi connectivity index (χ4n) is 1.34. The standard InChI is InChI=1S/C11H11F2NO4S/c1-7-4-8(2-3-10(15)16)6-9(5-7)14-19(17,18)11(12)13/h2-6,11,14H,1H3,(H,15,16)/b3-2+. The number of anilines is 1. The van der Waals surface area contributed by atoms with E-state index in [9.17, 15) is 22.0 Å². The number of sulfonamides is 1. The fraction of sp³-hybridized carbons (Fsp3) is 0.182. The van der Waals surface area contributed by atoms with Crippen LogP contribution < -0.4 is 4.72 Å². The van der Waals surface area contributed by atoms with Crippen molar-refractivity contribution in [1.82, 2.24) is 0 Å². The summed E-state index contributed by atoms with van der Waals surface area (Å²) in [6, 6.07) is 4.20. The zero-order valence-corrected chi connectivity index (χ0v) is 10.6. The van der Waals surface area contributed by atoms with Crippen molar-refractivity contribution in [3.8, 4) is 0 Å². The molecule has 0 saturated carbocycles. The molecular formula is C11H11F2NO4S. The summed E-state index contributed by atoms with van der Waals surface area (Å²) in [5.41, 5.74) is 0.930. The third-order valence-corrected chi connectivity index (χ3v) is 3.00. The van der Waals surface area contributed by atoms with Gasteiger partial charge < -0.3 is 5.11 Å². The Morgan fingerprint density at radius 1 is 1.37 bits per heavy atom. The SMILES string of the molecule is Cc1cc(/C=C/C(=O)O)cc(NS(=O)(=O)C(F)F)c1. The van der Waals surface area contributed by atoms with Crippen LogP contribution in [0, 0.1) is 6.92 Å². The lowest BCUT2D eigenvalue weighted by Gasteiger charge is -2.08. The van der Waals surface area contributed by atoms with Gasteiger partial charge in [0, 0.05) is 11.8 Å². The van der Waals surface area contributed by atoms with Crippen LogP contribution in [0.5, 0.6) is 0 Å². The zero-order valence-electron chi connectivity index (χ0n) is 9.80. The average Bonchev–Trinajstić information content (AvgIpc) is 2.24. The molecule has 0 unspecified atom stereocenters. The van der Waals surface area contributed by atoms with Gasteiger partial charge in [0.1, 0.15) is 0 Å². The lowest BCUT2D eigenvalue weighted by atomic mass is 10.1. The highest BCUT2D eigenvalue weighted by molar-refractivity contribution is 7.93. The molecule has 0 aliphatic rings. The molecule has 1 aromatic rings. The Balaban J connectivity index is 3.07. The second-order valence-electron chi connectivity index (χ2n) is 3.71. The van der Waals surface area contributed by atoms with E-state index < -0.39 is 21.8 Å². The van der Waals surface area contributed by atoms with Gasteiger partial charge >= 0.3 is 11.7 Å². The minimum absolute atomic E-state index is 0.0506. The van der Waals surface area contributed by atoms with E-state index in [0.717, 1.165) is 6.08 Å². The van der Waals surface area contributed by atoms with Gasteiger partial charge in [-0.05, 0) is 36.3 Å². The van der Waals surface area contributed by atoms with Gasteiger partial charge in [0.25, 0.3) is 10.0 Å². The highest BCUT2D eigenvalue weighted by Crippen LogP contribution is 2.19. The molecule has 0 aliphatic carbocycles. The first-order chi connectivity index (χ1) is 8.70. The molecule has 0 radical (unpaired) electrons. The highest BCUT2D eigenvalue weighted by atomic mass is 32.2. The van der Waals surface area contributed by atoms with Crippen molar-refractivity contribution in [2.45, 2.75) is 12.7 Å². The fourth-order valence-corrected chi connectivity index (χ4v) is 1.88. The van der Waals surface area contributed by atoms with Gasteiger partial charge in [0.15, 0.2) is 0 Å². The number of alkyl halides is 2. The van der Waals surface area contributed by atoms with Crippen LogP contribution in [0.1, 0.15) is 11.1 Å². The number of benzene rings is 1. The topological polar surface area (TPSA) is 83.5 Å². The third-order valence-electron chi connectivity index (χ3n) is 2.01. The van der Waals surface area contributed by atoms with Crippen molar-refractivity contribution in [1.29, 1.82) is 0 Å². The molecule has 0 aromatic heterocycles. The van der Waals surface area contributed by atoms with Crippen LogP contribution >= 0.6 is 0 Å². The van der Waals surface area contributed by atoms with Crippen LogP contribution in [0.25, 0.3) is 6.08 Å². The van der Waals surface area contributed by atoms with Crippen LogP contribution in [-0.2, 0) is 14.8 Å². The largest absolute Gasteiger partial charge is 0.478 e. The van der Waals surface area contributed by atoms with E-state index in [0.29, 0.717) is 11.1 Å². The van der Waals surface area contributed by atoms with Gasteiger partial charge in [-0.25, -0.2) is 13.2 Å². The van der Waals surface area contributed by atoms with Crippen LogP contribution in [0.4, 0.5) is 14.5 Å². The Labute approximate surface area is 108 Å². The summed E-state index contributed by atoms with van der Waals surface area (Å²) in [5, 5.41) is 8.48. The second-order valence-corrected chi connectivity index (χ2v) is 5.36. The molecule has 0 saturated heterocycles. The molecular weight excluding hydrogens is 280 g/mol. The van der Waals surface area contributed by atoms with Gasteiger partial charge in [0.2, 0.25) is 0 Å². The van der Waals surface area contributed by atoms with E-state index in [4.69, 9.17) is 5.11 Å². The van der Waals surface area contributed by atoms with Crippen molar-refractivity contribution in [2.75, 3.05) is 4.72 Å². The number of aliphatic carboxylic acids is 1. The highest BCUT2D eigenvalue weighted by Gasteiger charge is 2.23. The molecule has 2 N–H and O–H groups in total. The number of hydrogen-bond donors (Lipinski definition) is 2. The molecule has 0 heterocycles. The number of carboxylic acids is 1. The molecule has 1 rings (SSSR count). The molecule has 0 fully saturated rings. The predicted molar refractivity (Wildman–Crippen MR) is 66.4 cm³/mol. The maximum absolute atomic E-state index is 12.2. The monoisotopic (exact) mass is 291 g/mol. The molecule has 0 atom stereocenters. The Kier molecular flexibility index (Phi) is 4.60. The lowest BCUT2D eigenvalue weighted by Crippen LogP contribution is -2.20. The smallest absolute Gasteiger partial charge is 0.355 e. The summed E-state index contributed by atoms with van der Waals surface area (Å²) < 4.78 is 48.2. The number of carboxylic acid groups (broad SMARTS) is 1. The minimum Gasteiger partial charge on any atom is -0.478 e. The van der Waals surface area contributed by atoms with Crippen molar-refractivity contribution in [3.05, 3.63) is 35.4 Å². The van der Waals surface area contributed by atoms with Crippen molar-refractivity contribution in [2.24, 2.45) is 0 Å². The van der Waals surface area contributed by atoms with Crippen LogP contribution in [0.2, 0.25) is 0 Å². The first kappa shape index (κ1) is 15.1. The Bertz CT molecular complexity index is 611. The summed E-state index contributed by atoms with van der Waals surface area (Å²) in [5.74, 6) is -4.71. The summed E-state index contributed by atoms with van der Waals surface area (Å²) in [7, 11) is -4.74. The second kappa shape index (κ2) is 5.79. The summed E-state index contributed by atoms with van der Waals surface area (Å²) in [6.07, 6.45) is 2.09. The first-order valence-corrected chi connectivity index (χ1v) is 6.58. The normalized spacial score (nSPS) is 12.0. The van der Waals surface area contributed by atoms with Crippen molar-refractivity contribution in [3.63, 3.8) is 0 Å². The molecule has 8 heteroatoms. The van der Waals surface area contributed by atoms with E-state index in [1.165, 1.54) is 18.2 Å². The third kappa shape index (κ3) is 4.66. The molecule has 5 nitrogen and oxygen atoms in total. The molecule has 0 spiro atoms. The summed E-state index contributed by atoms with van der Waals surface area (Å²) in [6.45, 7) is 1.62. The number of rotatable bonds is 5. The van der Waals surface area contributed by atoms with E-state index in [-0.39, 0.29) is 5.69 Å². The average molecular weight is 291 g/mol. The number of nitrogens with one attached hydrogen (secondary N) is 1. The number of aryl methyl sites for hydroxylation is 1. The minimum atomic E-state index is -4.74. The van der Waals surface area contributed by atoms with E-state index in [1.54, 1.807) is 17.7 Å². The Morgan fingerprint density at radius 3 is 2.53 bits per heavy atom.